The quantitative estimate of drug-likeness (QED) is 0.802. The summed E-state index contributed by atoms with van der Waals surface area (Å²) in [6.45, 7) is 7.55. The average molecular weight is 298 g/mol. The summed E-state index contributed by atoms with van der Waals surface area (Å²) in [5.74, 6) is 0.487. The molecule has 0 aliphatic heterocycles. The normalized spacial score (nSPS) is 12.1. The van der Waals surface area contributed by atoms with Gasteiger partial charge in [0.05, 0.1) is 5.69 Å². The zero-order valence-corrected chi connectivity index (χ0v) is 13.7. The van der Waals surface area contributed by atoms with E-state index in [1.54, 1.807) is 19.2 Å². The lowest BCUT2D eigenvalue weighted by atomic mass is 10.1. The van der Waals surface area contributed by atoms with Crippen molar-refractivity contribution in [2.24, 2.45) is 5.92 Å². The third-order valence-corrected chi connectivity index (χ3v) is 5.08. The molecule has 0 radical (unpaired) electrons. The third-order valence-electron chi connectivity index (χ3n) is 3.16. The van der Waals surface area contributed by atoms with Crippen molar-refractivity contribution < 1.29 is 8.42 Å². The second-order valence-corrected chi connectivity index (χ2v) is 7.45. The molecule has 0 atom stereocenters. The standard InChI is InChI=1S/C15H26N2O2S/c1-5-11-16-14-8-6-7-9-15(14)20(18,19)17(4)12-10-13(2)3/h6-9,13,16H,5,10-12H2,1-4H3. The van der Waals surface area contributed by atoms with Crippen LogP contribution in [0.2, 0.25) is 0 Å². The monoisotopic (exact) mass is 298 g/mol. The van der Waals surface area contributed by atoms with Gasteiger partial charge in [0.25, 0.3) is 0 Å². The number of nitrogens with one attached hydrogen (secondary N) is 1. The maximum Gasteiger partial charge on any atom is 0.244 e. The molecule has 114 valence electrons. The van der Waals surface area contributed by atoms with Crippen LogP contribution in [0, 0.1) is 5.92 Å². The second kappa shape index (κ2) is 7.64. The molecule has 0 fully saturated rings. The predicted octanol–water partition coefficient (Wildman–Crippen LogP) is 3.18. The van der Waals surface area contributed by atoms with Crippen LogP contribution in [0.5, 0.6) is 0 Å². The Balaban J connectivity index is 2.96. The number of rotatable bonds is 8. The molecule has 0 saturated carbocycles. The first kappa shape index (κ1) is 17.0. The van der Waals surface area contributed by atoms with Crippen LogP contribution >= 0.6 is 0 Å². The summed E-state index contributed by atoms with van der Waals surface area (Å²) < 4.78 is 26.7. The van der Waals surface area contributed by atoms with E-state index in [0.717, 1.165) is 19.4 Å². The van der Waals surface area contributed by atoms with Crippen LogP contribution < -0.4 is 5.32 Å². The Bertz CT molecular complexity index is 512. The van der Waals surface area contributed by atoms with Crippen LogP contribution in [-0.4, -0.2) is 32.9 Å². The molecule has 0 aromatic heterocycles. The molecule has 0 aliphatic rings. The Morgan fingerprint density at radius 2 is 1.90 bits per heavy atom. The summed E-state index contributed by atoms with van der Waals surface area (Å²) in [5, 5.41) is 3.18. The summed E-state index contributed by atoms with van der Waals surface area (Å²) >= 11 is 0. The lowest BCUT2D eigenvalue weighted by molar-refractivity contribution is 0.428. The topological polar surface area (TPSA) is 49.4 Å². The van der Waals surface area contributed by atoms with E-state index in [4.69, 9.17) is 0 Å². The number of sulfonamides is 1. The average Bonchev–Trinajstić information content (AvgIpc) is 2.42. The minimum absolute atomic E-state index is 0.361. The number of para-hydroxylation sites is 1. The number of hydrogen-bond acceptors (Lipinski definition) is 3. The molecule has 0 unspecified atom stereocenters. The van der Waals surface area contributed by atoms with Gasteiger partial charge in [-0.2, -0.15) is 0 Å². The molecule has 20 heavy (non-hydrogen) atoms. The number of anilines is 1. The maximum atomic E-state index is 12.6. The van der Waals surface area contributed by atoms with Crippen molar-refractivity contribution in [3.63, 3.8) is 0 Å². The molecular formula is C15H26N2O2S. The molecule has 0 amide bonds. The molecule has 1 aromatic carbocycles. The summed E-state index contributed by atoms with van der Waals surface area (Å²) in [6, 6.07) is 7.10. The summed E-state index contributed by atoms with van der Waals surface area (Å²) in [4.78, 5) is 0.361. The Morgan fingerprint density at radius 3 is 2.50 bits per heavy atom. The van der Waals surface area contributed by atoms with Crippen LogP contribution in [0.15, 0.2) is 29.2 Å². The van der Waals surface area contributed by atoms with Gasteiger partial charge in [-0.15, -0.1) is 0 Å². The first-order valence-electron chi connectivity index (χ1n) is 7.18. The first-order valence-corrected chi connectivity index (χ1v) is 8.62. The van der Waals surface area contributed by atoms with Crippen molar-refractivity contribution >= 4 is 15.7 Å². The van der Waals surface area contributed by atoms with Gasteiger partial charge in [0.2, 0.25) is 10.0 Å². The molecule has 0 saturated heterocycles. The van der Waals surface area contributed by atoms with E-state index >= 15 is 0 Å². The molecule has 1 N–H and O–H groups in total. The van der Waals surface area contributed by atoms with Gasteiger partial charge in [-0.3, -0.25) is 0 Å². The molecule has 4 nitrogen and oxygen atoms in total. The summed E-state index contributed by atoms with van der Waals surface area (Å²) in [5.41, 5.74) is 0.686. The number of hydrogen-bond donors (Lipinski definition) is 1. The fourth-order valence-electron chi connectivity index (χ4n) is 1.83. The van der Waals surface area contributed by atoms with E-state index in [1.807, 2.05) is 12.1 Å². The molecule has 0 aliphatic carbocycles. The molecule has 1 aromatic rings. The highest BCUT2D eigenvalue weighted by atomic mass is 32.2. The van der Waals surface area contributed by atoms with Crippen LogP contribution in [0.3, 0.4) is 0 Å². The van der Waals surface area contributed by atoms with Crippen molar-refractivity contribution in [2.45, 2.75) is 38.5 Å². The molecule has 0 spiro atoms. The van der Waals surface area contributed by atoms with Crippen LogP contribution in [-0.2, 0) is 10.0 Å². The zero-order chi connectivity index (χ0) is 15.2. The van der Waals surface area contributed by atoms with E-state index in [1.165, 1.54) is 4.31 Å². The molecule has 1 rings (SSSR count). The highest BCUT2D eigenvalue weighted by Gasteiger charge is 2.23. The Labute approximate surface area is 123 Å². The molecule has 5 heteroatoms. The Hall–Kier alpha value is -1.07. The third kappa shape index (κ3) is 4.49. The van der Waals surface area contributed by atoms with Gasteiger partial charge in [-0.25, -0.2) is 12.7 Å². The van der Waals surface area contributed by atoms with Crippen molar-refractivity contribution in [1.82, 2.24) is 4.31 Å². The van der Waals surface area contributed by atoms with Gasteiger partial charge in [-0.05, 0) is 30.9 Å². The molecule has 0 bridgehead atoms. The SMILES string of the molecule is CCCNc1ccccc1S(=O)(=O)N(C)CCC(C)C. The van der Waals surface area contributed by atoms with E-state index in [9.17, 15) is 8.42 Å². The van der Waals surface area contributed by atoms with Crippen LogP contribution in [0.4, 0.5) is 5.69 Å². The number of nitrogens with zero attached hydrogens (tertiary/aromatic N) is 1. The van der Waals surface area contributed by atoms with Crippen molar-refractivity contribution in [3.05, 3.63) is 24.3 Å². The highest BCUT2D eigenvalue weighted by molar-refractivity contribution is 7.89. The van der Waals surface area contributed by atoms with Gasteiger partial charge >= 0.3 is 0 Å². The van der Waals surface area contributed by atoms with Crippen molar-refractivity contribution in [1.29, 1.82) is 0 Å². The first-order chi connectivity index (χ1) is 9.39. The van der Waals surface area contributed by atoms with E-state index in [2.05, 4.69) is 26.1 Å². The van der Waals surface area contributed by atoms with Gasteiger partial charge in [0.15, 0.2) is 0 Å². The lowest BCUT2D eigenvalue weighted by Crippen LogP contribution is -2.29. The van der Waals surface area contributed by atoms with Gasteiger partial charge in [0.1, 0.15) is 4.90 Å². The predicted molar refractivity (Wildman–Crippen MR) is 84.5 cm³/mol. The zero-order valence-electron chi connectivity index (χ0n) is 12.9. The van der Waals surface area contributed by atoms with Gasteiger partial charge in [-0.1, -0.05) is 32.9 Å². The van der Waals surface area contributed by atoms with Crippen LogP contribution in [0.25, 0.3) is 0 Å². The summed E-state index contributed by atoms with van der Waals surface area (Å²) in [7, 11) is -1.78. The molecular weight excluding hydrogens is 272 g/mol. The molecule has 0 heterocycles. The summed E-state index contributed by atoms with van der Waals surface area (Å²) in [6.07, 6.45) is 1.82. The Morgan fingerprint density at radius 1 is 1.25 bits per heavy atom. The fraction of sp³-hybridized carbons (Fsp3) is 0.600. The Kier molecular flexibility index (Phi) is 6.49. The highest BCUT2D eigenvalue weighted by Crippen LogP contribution is 2.24. The van der Waals surface area contributed by atoms with E-state index < -0.39 is 10.0 Å². The van der Waals surface area contributed by atoms with Gasteiger partial charge in [0, 0.05) is 20.1 Å². The largest absolute Gasteiger partial charge is 0.384 e. The maximum absolute atomic E-state index is 12.6. The van der Waals surface area contributed by atoms with Gasteiger partial charge < -0.3 is 5.32 Å². The minimum atomic E-state index is -3.42. The minimum Gasteiger partial charge on any atom is -0.384 e. The van der Waals surface area contributed by atoms with Crippen molar-refractivity contribution in [2.75, 3.05) is 25.5 Å². The van der Waals surface area contributed by atoms with Crippen LogP contribution in [0.1, 0.15) is 33.6 Å². The van der Waals surface area contributed by atoms with Crippen molar-refractivity contribution in [3.8, 4) is 0 Å². The smallest absolute Gasteiger partial charge is 0.244 e. The van der Waals surface area contributed by atoms with E-state index in [-0.39, 0.29) is 0 Å². The number of benzene rings is 1. The lowest BCUT2D eigenvalue weighted by Gasteiger charge is -2.20. The second-order valence-electron chi connectivity index (χ2n) is 5.43. The van der Waals surface area contributed by atoms with E-state index in [0.29, 0.717) is 23.0 Å². The fourth-order valence-corrected chi connectivity index (χ4v) is 3.18.